The minimum atomic E-state index is -3.73. The summed E-state index contributed by atoms with van der Waals surface area (Å²) in [6.45, 7) is 7.93. The molecule has 1 aromatic rings. The van der Waals surface area contributed by atoms with E-state index in [1.165, 1.54) is 10.4 Å². The van der Waals surface area contributed by atoms with Crippen LogP contribution >= 0.6 is 23.2 Å². The van der Waals surface area contributed by atoms with E-state index in [4.69, 9.17) is 28.9 Å². The fraction of sp³-hybridized carbons (Fsp3) is 0.385. The molecule has 0 fully saturated rings. The third kappa shape index (κ3) is 3.74. The van der Waals surface area contributed by atoms with Gasteiger partial charge in [0.1, 0.15) is 4.90 Å². The average molecular weight is 337 g/mol. The number of hydrogen-bond acceptors (Lipinski definition) is 3. The van der Waals surface area contributed by atoms with Crippen LogP contribution in [0.5, 0.6) is 0 Å². The molecule has 20 heavy (non-hydrogen) atoms. The van der Waals surface area contributed by atoms with Gasteiger partial charge in [0.05, 0.1) is 5.02 Å². The predicted octanol–water partition coefficient (Wildman–Crippen LogP) is 3.04. The van der Waals surface area contributed by atoms with Gasteiger partial charge < -0.3 is 5.73 Å². The Kier molecular flexibility index (Phi) is 6.04. The minimum absolute atomic E-state index is 0.0183. The van der Waals surface area contributed by atoms with Crippen molar-refractivity contribution in [3.8, 4) is 0 Å². The second kappa shape index (κ2) is 6.91. The Morgan fingerprint density at radius 3 is 2.45 bits per heavy atom. The van der Waals surface area contributed by atoms with E-state index in [1.54, 1.807) is 19.9 Å². The number of likely N-dealkylation sites (N-methyl/N-ethyl adjacent to an activating group) is 1. The summed E-state index contributed by atoms with van der Waals surface area (Å²) in [6.07, 6.45) is 0. The monoisotopic (exact) mass is 336 g/mol. The van der Waals surface area contributed by atoms with Gasteiger partial charge in [-0.25, -0.2) is 8.42 Å². The zero-order valence-electron chi connectivity index (χ0n) is 11.5. The maximum Gasteiger partial charge on any atom is 0.244 e. The fourth-order valence-electron chi connectivity index (χ4n) is 1.76. The van der Waals surface area contributed by atoms with Gasteiger partial charge in [-0.15, -0.1) is 0 Å². The number of halogens is 2. The summed E-state index contributed by atoms with van der Waals surface area (Å²) in [5.74, 6) is 0. The standard InChI is InChI=1S/C13H18Cl2N2O2S/c1-4-17(8-9(2)3)20(18,19)12-6-11(14)5-10(7-16)13(12)15/h5-6H,2,4,7-8,16H2,1,3H3. The number of benzene rings is 1. The highest BCUT2D eigenvalue weighted by Gasteiger charge is 2.27. The van der Waals surface area contributed by atoms with Gasteiger partial charge in [-0.05, 0) is 24.6 Å². The highest BCUT2D eigenvalue weighted by molar-refractivity contribution is 7.89. The van der Waals surface area contributed by atoms with E-state index in [1.807, 2.05) is 0 Å². The lowest BCUT2D eigenvalue weighted by Gasteiger charge is -2.22. The first-order valence-electron chi connectivity index (χ1n) is 6.06. The second-order valence-corrected chi connectivity index (χ2v) is 7.19. The molecule has 0 bridgehead atoms. The van der Waals surface area contributed by atoms with Crippen molar-refractivity contribution in [1.29, 1.82) is 0 Å². The van der Waals surface area contributed by atoms with Crippen molar-refractivity contribution >= 4 is 33.2 Å². The summed E-state index contributed by atoms with van der Waals surface area (Å²) < 4.78 is 26.6. The van der Waals surface area contributed by atoms with Crippen LogP contribution in [-0.2, 0) is 16.6 Å². The third-order valence-electron chi connectivity index (χ3n) is 2.72. The molecule has 7 heteroatoms. The van der Waals surface area contributed by atoms with Crippen molar-refractivity contribution in [2.75, 3.05) is 13.1 Å². The normalized spacial score (nSPS) is 11.9. The van der Waals surface area contributed by atoms with Crippen LogP contribution in [0.25, 0.3) is 0 Å². The van der Waals surface area contributed by atoms with Gasteiger partial charge in [-0.2, -0.15) is 4.31 Å². The van der Waals surface area contributed by atoms with E-state index >= 15 is 0 Å². The van der Waals surface area contributed by atoms with E-state index in [0.717, 1.165) is 5.57 Å². The zero-order valence-corrected chi connectivity index (χ0v) is 13.8. The van der Waals surface area contributed by atoms with Crippen LogP contribution in [0.15, 0.2) is 29.2 Å². The molecule has 0 radical (unpaired) electrons. The maximum absolute atomic E-state index is 12.6. The van der Waals surface area contributed by atoms with Crippen LogP contribution in [-0.4, -0.2) is 25.8 Å². The number of nitrogens with two attached hydrogens (primary N) is 1. The summed E-state index contributed by atoms with van der Waals surface area (Å²) in [7, 11) is -3.73. The van der Waals surface area contributed by atoms with E-state index in [9.17, 15) is 8.42 Å². The average Bonchev–Trinajstić information content (AvgIpc) is 2.37. The lowest BCUT2D eigenvalue weighted by atomic mass is 10.2. The van der Waals surface area contributed by atoms with E-state index in [2.05, 4.69) is 6.58 Å². The van der Waals surface area contributed by atoms with Crippen LogP contribution in [0.1, 0.15) is 19.4 Å². The molecule has 0 aliphatic carbocycles. The fourth-order valence-corrected chi connectivity index (χ4v) is 4.19. The Hall–Kier alpha value is -0.590. The molecule has 0 aromatic heterocycles. The number of nitrogens with zero attached hydrogens (tertiary/aromatic N) is 1. The molecule has 0 saturated carbocycles. The van der Waals surface area contributed by atoms with Crippen LogP contribution in [0.2, 0.25) is 10.0 Å². The molecule has 0 aliphatic rings. The SMILES string of the molecule is C=C(C)CN(CC)S(=O)(=O)c1cc(Cl)cc(CN)c1Cl. The first kappa shape index (κ1) is 17.5. The summed E-state index contributed by atoms with van der Waals surface area (Å²) in [6, 6.07) is 2.91. The van der Waals surface area contributed by atoms with Gasteiger partial charge in [0.25, 0.3) is 0 Å². The Balaban J connectivity index is 3.41. The summed E-state index contributed by atoms with van der Waals surface area (Å²) in [4.78, 5) is -0.0183. The molecular formula is C13H18Cl2N2O2S. The van der Waals surface area contributed by atoms with E-state index in [-0.39, 0.29) is 23.0 Å². The van der Waals surface area contributed by atoms with Crippen LogP contribution < -0.4 is 5.73 Å². The largest absolute Gasteiger partial charge is 0.326 e. The zero-order chi connectivity index (χ0) is 15.5. The smallest absolute Gasteiger partial charge is 0.244 e. The van der Waals surface area contributed by atoms with Gasteiger partial charge in [0.15, 0.2) is 0 Å². The molecule has 0 aliphatic heterocycles. The lowest BCUT2D eigenvalue weighted by molar-refractivity contribution is 0.453. The Labute approximate surface area is 130 Å². The van der Waals surface area contributed by atoms with Gasteiger partial charge in [-0.1, -0.05) is 42.3 Å². The van der Waals surface area contributed by atoms with Crippen molar-refractivity contribution < 1.29 is 8.42 Å². The molecular weight excluding hydrogens is 319 g/mol. The number of rotatable bonds is 6. The van der Waals surface area contributed by atoms with Crippen LogP contribution in [0.3, 0.4) is 0 Å². The van der Waals surface area contributed by atoms with Crippen molar-refractivity contribution in [2.45, 2.75) is 25.3 Å². The van der Waals surface area contributed by atoms with Crippen molar-refractivity contribution in [2.24, 2.45) is 5.73 Å². The Bertz CT molecular complexity index is 615. The molecule has 0 unspecified atom stereocenters. The van der Waals surface area contributed by atoms with Crippen LogP contribution in [0.4, 0.5) is 0 Å². The van der Waals surface area contributed by atoms with Crippen molar-refractivity contribution in [3.63, 3.8) is 0 Å². The predicted molar refractivity (Wildman–Crippen MR) is 83.6 cm³/mol. The highest BCUT2D eigenvalue weighted by Crippen LogP contribution is 2.31. The Morgan fingerprint density at radius 2 is 2.00 bits per heavy atom. The second-order valence-electron chi connectivity index (χ2n) is 4.47. The van der Waals surface area contributed by atoms with Gasteiger partial charge in [0.2, 0.25) is 10.0 Å². The maximum atomic E-state index is 12.6. The van der Waals surface area contributed by atoms with Gasteiger partial charge >= 0.3 is 0 Å². The molecule has 0 heterocycles. The molecule has 1 aromatic carbocycles. The summed E-state index contributed by atoms with van der Waals surface area (Å²) in [5, 5.41) is 0.414. The van der Waals surface area contributed by atoms with E-state index < -0.39 is 10.0 Å². The van der Waals surface area contributed by atoms with Gasteiger partial charge in [-0.3, -0.25) is 0 Å². The molecule has 0 amide bonds. The van der Waals surface area contributed by atoms with Crippen molar-refractivity contribution in [1.82, 2.24) is 4.31 Å². The van der Waals surface area contributed by atoms with E-state index in [0.29, 0.717) is 17.1 Å². The quantitative estimate of drug-likeness (QED) is 0.812. The first-order valence-corrected chi connectivity index (χ1v) is 8.26. The van der Waals surface area contributed by atoms with Gasteiger partial charge in [0, 0.05) is 24.7 Å². The first-order chi connectivity index (χ1) is 9.23. The molecule has 0 saturated heterocycles. The molecule has 4 nitrogen and oxygen atoms in total. The summed E-state index contributed by atoms with van der Waals surface area (Å²) in [5.41, 5.74) is 6.80. The molecule has 1 rings (SSSR count). The molecule has 0 atom stereocenters. The summed E-state index contributed by atoms with van der Waals surface area (Å²) >= 11 is 12.1. The highest BCUT2D eigenvalue weighted by atomic mass is 35.5. The third-order valence-corrected chi connectivity index (χ3v) is 5.44. The number of hydrogen-bond donors (Lipinski definition) is 1. The minimum Gasteiger partial charge on any atom is -0.326 e. The molecule has 2 N–H and O–H groups in total. The molecule has 112 valence electrons. The van der Waals surface area contributed by atoms with Crippen LogP contribution in [0, 0.1) is 0 Å². The van der Waals surface area contributed by atoms with Crippen molar-refractivity contribution in [3.05, 3.63) is 39.9 Å². The Morgan fingerprint density at radius 1 is 1.40 bits per heavy atom. The lowest BCUT2D eigenvalue weighted by Crippen LogP contribution is -2.32. The number of sulfonamides is 1. The molecule has 0 spiro atoms. The topological polar surface area (TPSA) is 63.4 Å².